The number of aromatic amines is 1. The molecule has 2 rings (SSSR count). The first-order valence-electron chi connectivity index (χ1n) is 4.91. The molecule has 0 unspecified atom stereocenters. The number of nitrogens with zero attached hydrogens (tertiary/aromatic N) is 2. The number of hydrogen-bond acceptors (Lipinski definition) is 3. The van der Waals surface area contributed by atoms with Crippen molar-refractivity contribution in [2.45, 2.75) is 13.5 Å². The average Bonchev–Trinajstić information content (AvgIpc) is 2.63. The molecule has 0 spiro atoms. The number of nitrogens with one attached hydrogen (secondary N) is 2. The summed E-state index contributed by atoms with van der Waals surface area (Å²) in [4.78, 5) is 3.99. The van der Waals surface area contributed by atoms with Crippen LogP contribution in [0.5, 0.6) is 0 Å². The summed E-state index contributed by atoms with van der Waals surface area (Å²) in [5.41, 5.74) is 4.42. The Kier molecular flexibility index (Phi) is 2.78. The summed E-state index contributed by atoms with van der Waals surface area (Å²) in [6.07, 6.45) is 3.56. The van der Waals surface area contributed by atoms with E-state index in [9.17, 15) is 0 Å². The third-order valence-corrected chi connectivity index (χ3v) is 2.42. The third kappa shape index (κ3) is 1.89. The van der Waals surface area contributed by atoms with Gasteiger partial charge in [0, 0.05) is 24.5 Å². The van der Waals surface area contributed by atoms with Crippen molar-refractivity contribution in [1.82, 2.24) is 20.5 Å². The fourth-order valence-corrected chi connectivity index (χ4v) is 1.57. The Labute approximate surface area is 88.8 Å². The molecule has 0 aliphatic carbocycles. The molecule has 0 saturated carbocycles. The number of H-pyrrole nitrogens is 1. The Morgan fingerprint density at radius 1 is 1.33 bits per heavy atom. The Bertz CT molecular complexity index is 433. The SMILES string of the molecule is CNCc1[nH]nc(-c2ccncc2)c1C. The van der Waals surface area contributed by atoms with E-state index in [1.54, 1.807) is 12.4 Å². The van der Waals surface area contributed by atoms with Gasteiger partial charge in [-0.05, 0) is 31.7 Å². The number of pyridine rings is 1. The molecule has 0 aliphatic rings. The van der Waals surface area contributed by atoms with Gasteiger partial charge in [-0.2, -0.15) is 5.10 Å². The van der Waals surface area contributed by atoms with E-state index in [0.29, 0.717) is 0 Å². The maximum absolute atomic E-state index is 4.31. The minimum atomic E-state index is 0.809. The van der Waals surface area contributed by atoms with Crippen molar-refractivity contribution in [3.05, 3.63) is 35.8 Å². The van der Waals surface area contributed by atoms with Gasteiger partial charge in [-0.3, -0.25) is 10.1 Å². The van der Waals surface area contributed by atoms with Crippen molar-refractivity contribution in [2.24, 2.45) is 0 Å². The number of rotatable bonds is 3. The monoisotopic (exact) mass is 202 g/mol. The summed E-state index contributed by atoms with van der Waals surface area (Å²) in [6.45, 7) is 2.88. The van der Waals surface area contributed by atoms with Crippen LogP contribution in [-0.2, 0) is 6.54 Å². The first-order chi connectivity index (χ1) is 7.33. The lowest BCUT2D eigenvalue weighted by Gasteiger charge is -1.99. The second-order valence-electron chi connectivity index (χ2n) is 3.44. The van der Waals surface area contributed by atoms with Crippen LogP contribution in [0.2, 0.25) is 0 Å². The molecule has 0 radical (unpaired) electrons. The van der Waals surface area contributed by atoms with Crippen molar-refractivity contribution in [2.75, 3.05) is 7.05 Å². The summed E-state index contributed by atoms with van der Waals surface area (Å²) in [5, 5.41) is 10.5. The molecular weight excluding hydrogens is 188 g/mol. The molecular formula is C11H14N4. The largest absolute Gasteiger partial charge is 0.314 e. The second-order valence-corrected chi connectivity index (χ2v) is 3.44. The van der Waals surface area contributed by atoms with E-state index in [1.807, 2.05) is 19.2 Å². The molecule has 0 aromatic carbocycles. The van der Waals surface area contributed by atoms with Crippen LogP contribution in [0.15, 0.2) is 24.5 Å². The van der Waals surface area contributed by atoms with Gasteiger partial charge in [-0.15, -0.1) is 0 Å². The zero-order chi connectivity index (χ0) is 10.7. The fourth-order valence-electron chi connectivity index (χ4n) is 1.57. The zero-order valence-corrected chi connectivity index (χ0v) is 8.91. The summed E-state index contributed by atoms with van der Waals surface area (Å²) in [7, 11) is 1.92. The van der Waals surface area contributed by atoms with E-state index < -0.39 is 0 Å². The van der Waals surface area contributed by atoms with E-state index in [0.717, 1.165) is 23.5 Å². The molecule has 15 heavy (non-hydrogen) atoms. The normalized spacial score (nSPS) is 10.5. The van der Waals surface area contributed by atoms with Crippen LogP contribution in [0.4, 0.5) is 0 Å². The van der Waals surface area contributed by atoms with Gasteiger partial charge >= 0.3 is 0 Å². The van der Waals surface area contributed by atoms with E-state index >= 15 is 0 Å². The van der Waals surface area contributed by atoms with Crippen molar-refractivity contribution in [3.8, 4) is 11.3 Å². The second kappa shape index (κ2) is 4.23. The van der Waals surface area contributed by atoms with Crippen LogP contribution in [0.25, 0.3) is 11.3 Å². The van der Waals surface area contributed by atoms with E-state index in [-0.39, 0.29) is 0 Å². The average molecular weight is 202 g/mol. The summed E-state index contributed by atoms with van der Waals surface area (Å²) in [5.74, 6) is 0. The molecule has 2 aromatic rings. The van der Waals surface area contributed by atoms with Gasteiger partial charge < -0.3 is 5.32 Å². The molecule has 0 saturated heterocycles. The standard InChI is InChI=1S/C11H14N4/c1-8-10(7-12-2)14-15-11(8)9-3-5-13-6-4-9/h3-6,12H,7H2,1-2H3,(H,14,15). The van der Waals surface area contributed by atoms with Crippen LogP contribution < -0.4 is 5.32 Å². The summed E-state index contributed by atoms with van der Waals surface area (Å²) < 4.78 is 0. The minimum Gasteiger partial charge on any atom is -0.314 e. The van der Waals surface area contributed by atoms with Gasteiger partial charge in [0.25, 0.3) is 0 Å². The molecule has 0 fully saturated rings. The van der Waals surface area contributed by atoms with Crippen LogP contribution in [0, 0.1) is 6.92 Å². The number of hydrogen-bond donors (Lipinski definition) is 2. The van der Waals surface area contributed by atoms with Crippen LogP contribution in [-0.4, -0.2) is 22.2 Å². The molecule has 0 bridgehead atoms. The third-order valence-electron chi connectivity index (χ3n) is 2.42. The van der Waals surface area contributed by atoms with Gasteiger partial charge in [0.05, 0.1) is 11.4 Å². The Hall–Kier alpha value is -1.68. The van der Waals surface area contributed by atoms with Crippen molar-refractivity contribution in [3.63, 3.8) is 0 Å². The van der Waals surface area contributed by atoms with Gasteiger partial charge in [-0.1, -0.05) is 0 Å². The van der Waals surface area contributed by atoms with Gasteiger partial charge in [0.15, 0.2) is 0 Å². The lowest BCUT2D eigenvalue weighted by molar-refractivity contribution is 0.779. The predicted octanol–water partition coefficient (Wildman–Crippen LogP) is 1.50. The van der Waals surface area contributed by atoms with Crippen molar-refractivity contribution < 1.29 is 0 Å². The molecule has 0 amide bonds. The highest BCUT2D eigenvalue weighted by molar-refractivity contribution is 5.62. The smallest absolute Gasteiger partial charge is 0.0954 e. The molecule has 2 N–H and O–H groups in total. The van der Waals surface area contributed by atoms with Gasteiger partial charge in [0.1, 0.15) is 0 Å². The highest BCUT2D eigenvalue weighted by Gasteiger charge is 2.09. The summed E-state index contributed by atoms with van der Waals surface area (Å²) in [6, 6.07) is 3.93. The van der Waals surface area contributed by atoms with Crippen molar-refractivity contribution in [1.29, 1.82) is 0 Å². The summed E-state index contributed by atoms with van der Waals surface area (Å²) >= 11 is 0. The molecule has 0 atom stereocenters. The first-order valence-corrected chi connectivity index (χ1v) is 4.91. The topological polar surface area (TPSA) is 53.6 Å². The lowest BCUT2D eigenvalue weighted by atomic mass is 10.1. The quantitative estimate of drug-likeness (QED) is 0.793. The first kappa shape index (κ1) is 9.86. The van der Waals surface area contributed by atoms with E-state index in [2.05, 4.69) is 27.4 Å². The van der Waals surface area contributed by atoms with Gasteiger partial charge in [0.2, 0.25) is 0 Å². The van der Waals surface area contributed by atoms with Crippen molar-refractivity contribution >= 4 is 0 Å². The Morgan fingerprint density at radius 2 is 2.07 bits per heavy atom. The maximum Gasteiger partial charge on any atom is 0.0954 e. The van der Waals surface area contributed by atoms with E-state index in [4.69, 9.17) is 0 Å². The molecule has 2 aromatic heterocycles. The molecule has 78 valence electrons. The fraction of sp³-hybridized carbons (Fsp3) is 0.273. The van der Waals surface area contributed by atoms with Gasteiger partial charge in [-0.25, -0.2) is 0 Å². The zero-order valence-electron chi connectivity index (χ0n) is 8.91. The minimum absolute atomic E-state index is 0.809. The molecule has 0 aliphatic heterocycles. The van der Waals surface area contributed by atoms with Crippen LogP contribution in [0.3, 0.4) is 0 Å². The van der Waals surface area contributed by atoms with Crippen LogP contribution >= 0.6 is 0 Å². The van der Waals surface area contributed by atoms with Crippen LogP contribution in [0.1, 0.15) is 11.3 Å². The predicted molar refractivity (Wildman–Crippen MR) is 59.3 cm³/mol. The highest BCUT2D eigenvalue weighted by Crippen LogP contribution is 2.21. The Morgan fingerprint density at radius 3 is 2.73 bits per heavy atom. The Balaban J connectivity index is 2.38. The lowest BCUT2D eigenvalue weighted by Crippen LogP contribution is -2.06. The molecule has 4 nitrogen and oxygen atoms in total. The highest BCUT2D eigenvalue weighted by atomic mass is 15.1. The molecule has 4 heteroatoms. The molecule has 2 heterocycles. The number of aromatic nitrogens is 3. The maximum atomic E-state index is 4.31. The van der Waals surface area contributed by atoms with E-state index in [1.165, 1.54) is 5.56 Å².